The molecule has 2 heterocycles. The van der Waals surface area contributed by atoms with E-state index in [0.29, 0.717) is 30.9 Å². The number of aryl methyl sites for hydroxylation is 3. The van der Waals surface area contributed by atoms with E-state index >= 15 is 0 Å². The van der Waals surface area contributed by atoms with Gasteiger partial charge >= 0.3 is 0 Å². The molecule has 0 aliphatic carbocycles. The van der Waals surface area contributed by atoms with Crippen molar-refractivity contribution in [3.8, 4) is 0 Å². The van der Waals surface area contributed by atoms with Crippen LogP contribution in [0.5, 0.6) is 0 Å². The third-order valence-corrected chi connectivity index (χ3v) is 4.40. The monoisotopic (exact) mass is 338 g/mol. The Morgan fingerprint density at radius 1 is 1.12 bits per heavy atom. The smallest absolute Gasteiger partial charge is 0.257 e. The molecule has 1 aromatic heterocycles. The van der Waals surface area contributed by atoms with Crippen LogP contribution in [0.15, 0.2) is 30.7 Å². The average Bonchev–Trinajstić information content (AvgIpc) is 2.55. The number of nitrogens with zero attached hydrogens (tertiary/aromatic N) is 4. The maximum absolute atomic E-state index is 12.6. The second kappa shape index (κ2) is 7.01. The van der Waals surface area contributed by atoms with Gasteiger partial charge in [0, 0.05) is 25.8 Å². The molecule has 2 aromatic rings. The van der Waals surface area contributed by atoms with Crippen LogP contribution in [0.3, 0.4) is 0 Å². The van der Waals surface area contributed by atoms with Crippen molar-refractivity contribution in [3.05, 3.63) is 58.7 Å². The molecule has 0 radical (unpaired) electrons. The van der Waals surface area contributed by atoms with Gasteiger partial charge in [0.05, 0.1) is 11.3 Å². The van der Waals surface area contributed by atoms with Crippen molar-refractivity contribution >= 4 is 11.8 Å². The molecule has 1 aliphatic rings. The summed E-state index contributed by atoms with van der Waals surface area (Å²) in [6.07, 6.45) is 2.93. The van der Waals surface area contributed by atoms with Gasteiger partial charge in [-0.05, 0) is 26.3 Å². The lowest BCUT2D eigenvalue weighted by Gasteiger charge is -2.34. The van der Waals surface area contributed by atoms with Crippen LogP contribution in [0, 0.1) is 20.8 Å². The number of piperazine rings is 1. The second-order valence-electron chi connectivity index (χ2n) is 6.56. The molecular weight excluding hydrogens is 316 g/mol. The van der Waals surface area contributed by atoms with Crippen molar-refractivity contribution in [2.45, 2.75) is 27.3 Å². The third kappa shape index (κ3) is 3.84. The number of hydrogen-bond donors (Lipinski definition) is 0. The molecule has 25 heavy (non-hydrogen) atoms. The van der Waals surface area contributed by atoms with Crippen LogP contribution in [0.2, 0.25) is 0 Å². The lowest BCUT2D eigenvalue weighted by molar-refractivity contribution is -0.135. The van der Waals surface area contributed by atoms with Crippen molar-refractivity contribution in [2.75, 3.05) is 19.6 Å². The number of carbonyl (C=O) groups excluding carboxylic acids is 2. The van der Waals surface area contributed by atoms with Gasteiger partial charge in [0.2, 0.25) is 5.91 Å². The van der Waals surface area contributed by atoms with Crippen molar-refractivity contribution in [1.29, 1.82) is 0 Å². The van der Waals surface area contributed by atoms with Crippen LogP contribution in [0.4, 0.5) is 0 Å². The summed E-state index contributed by atoms with van der Waals surface area (Å²) in [5, 5.41) is 0. The van der Waals surface area contributed by atoms with Gasteiger partial charge in [-0.3, -0.25) is 9.59 Å². The van der Waals surface area contributed by atoms with E-state index in [1.54, 1.807) is 11.8 Å². The highest BCUT2D eigenvalue weighted by Gasteiger charge is 2.28. The first-order valence-electron chi connectivity index (χ1n) is 8.35. The molecule has 1 aromatic carbocycles. The molecule has 130 valence electrons. The van der Waals surface area contributed by atoms with E-state index < -0.39 is 0 Å². The number of rotatable bonds is 3. The Balaban J connectivity index is 1.67. The number of carbonyl (C=O) groups is 2. The minimum Gasteiger partial charge on any atom is -0.335 e. The largest absolute Gasteiger partial charge is 0.335 e. The SMILES string of the molecule is Cc1cc(C)cc(CN2CCN(C(=O)c3cncnc3C)CC2=O)c1. The summed E-state index contributed by atoms with van der Waals surface area (Å²) in [6.45, 7) is 7.61. The van der Waals surface area contributed by atoms with Gasteiger partial charge in [0.1, 0.15) is 12.9 Å². The van der Waals surface area contributed by atoms with Crippen LogP contribution in [-0.4, -0.2) is 51.2 Å². The fraction of sp³-hybridized carbons (Fsp3) is 0.368. The van der Waals surface area contributed by atoms with E-state index in [1.807, 2.05) is 4.90 Å². The van der Waals surface area contributed by atoms with Gasteiger partial charge in [-0.25, -0.2) is 9.97 Å². The van der Waals surface area contributed by atoms with E-state index in [1.165, 1.54) is 23.7 Å². The molecule has 0 unspecified atom stereocenters. The Morgan fingerprint density at radius 2 is 1.84 bits per heavy atom. The van der Waals surface area contributed by atoms with E-state index in [0.717, 1.165) is 5.56 Å². The predicted octanol–water partition coefficient (Wildman–Crippen LogP) is 1.89. The summed E-state index contributed by atoms with van der Waals surface area (Å²) in [4.78, 5) is 36.4. The molecule has 1 fully saturated rings. The van der Waals surface area contributed by atoms with Gasteiger partial charge in [0.25, 0.3) is 5.91 Å². The van der Waals surface area contributed by atoms with Gasteiger partial charge in [-0.1, -0.05) is 29.3 Å². The fourth-order valence-corrected chi connectivity index (χ4v) is 3.20. The molecule has 6 nitrogen and oxygen atoms in total. The Hall–Kier alpha value is -2.76. The molecule has 0 bridgehead atoms. The van der Waals surface area contributed by atoms with E-state index in [4.69, 9.17) is 0 Å². The van der Waals surface area contributed by atoms with Gasteiger partial charge in [-0.2, -0.15) is 0 Å². The number of hydrogen-bond acceptors (Lipinski definition) is 4. The number of amides is 2. The minimum atomic E-state index is -0.183. The number of benzene rings is 1. The Bertz CT molecular complexity index is 799. The first-order valence-corrected chi connectivity index (χ1v) is 8.35. The zero-order chi connectivity index (χ0) is 18.0. The van der Waals surface area contributed by atoms with Crippen LogP contribution < -0.4 is 0 Å². The van der Waals surface area contributed by atoms with Crippen molar-refractivity contribution in [3.63, 3.8) is 0 Å². The highest BCUT2D eigenvalue weighted by atomic mass is 16.2. The zero-order valence-electron chi connectivity index (χ0n) is 14.8. The normalized spacial score (nSPS) is 14.8. The summed E-state index contributed by atoms with van der Waals surface area (Å²) >= 11 is 0. The van der Waals surface area contributed by atoms with Crippen LogP contribution in [0.25, 0.3) is 0 Å². The van der Waals surface area contributed by atoms with Gasteiger partial charge in [0.15, 0.2) is 0 Å². The molecule has 6 heteroatoms. The highest BCUT2D eigenvalue weighted by molar-refractivity contribution is 5.97. The van der Waals surface area contributed by atoms with Crippen LogP contribution >= 0.6 is 0 Å². The highest BCUT2D eigenvalue weighted by Crippen LogP contribution is 2.15. The standard InChI is InChI=1S/C19H22N4O2/c1-13-6-14(2)8-16(7-13)10-22-4-5-23(11-18(22)24)19(25)17-9-20-12-21-15(17)3/h6-9,12H,4-5,10-11H2,1-3H3. The summed E-state index contributed by atoms with van der Waals surface area (Å²) in [5.74, 6) is -0.217. The lowest BCUT2D eigenvalue weighted by atomic mass is 10.1. The molecule has 0 spiro atoms. The maximum Gasteiger partial charge on any atom is 0.257 e. The summed E-state index contributed by atoms with van der Waals surface area (Å²) in [7, 11) is 0. The molecule has 2 amide bonds. The fourth-order valence-electron chi connectivity index (χ4n) is 3.20. The minimum absolute atomic E-state index is 0.0340. The van der Waals surface area contributed by atoms with Crippen molar-refractivity contribution < 1.29 is 9.59 Å². The van der Waals surface area contributed by atoms with E-state index in [9.17, 15) is 9.59 Å². The summed E-state index contributed by atoms with van der Waals surface area (Å²) < 4.78 is 0. The average molecular weight is 338 g/mol. The predicted molar refractivity (Wildman–Crippen MR) is 94.0 cm³/mol. The van der Waals surface area contributed by atoms with Crippen LogP contribution in [-0.2, 0) is 11.3 Å². The molecule has 0 atom stereocenters. The first-order chi connectivity index (χ1) is 11.9. The first kappa shape index (κ1) is 17.1. The Morgan fingerprint density at radius 3 is 2.48 bits per heavy atom. The van der Waals surface area contributed by atoms with Gasteiger partial charge in [-0.15, -0.1) is 0 Å². The molecule has 3 rings (SSSR count). The topological polar surface area (TPSA) is 66.4 Å². The number of aromatic nitrogens is 2. The van der Waals surface area contributed by atoms with Crippen molar-refractivity contribution in [1.82, 2.24) is 19.8 Å². The maximum atomic E-state index is 12.6. The Labute approximate surface area is 147 Å². The molecule has 1 aliphatic heterocycles. The second-order valence-corrected chi connectivity index (χ2v) is 6.56. The Kier molecular flexibility index (Phi) is 4.79. The molecular formula is C19H22N4O2. The van der Waals surface area contributed by atoms with E-state index in [2.05, 4.69) is 42.0 Å². The quantitative estimate of drug-likeness (QED) is 0.857. The molecule has 0 saturated carbocycles. The summed E-state index contributed by atoms with van der Waals surface area (Å²) in [5.41, 5.74) is 4.59. The van der Waals surface area contributed by atoms with Crippen molar-refractivity contribution in [2.24, 2.45) is 0 Å². The van der Waals surface area contributed by atoms with E-state index in [-0.39, 0.29) is 18.4 Å². The van der Waals surface area contributed by atoms with Crippen LogP contribution in [0.1, 0.15) is 32.7 Å². The third-order valence-electron chi connectivity index (χ3n) is 4.40. The molecule has 0 N–H and O–H groups in total. The molecule has 1 saturated heterocycles. The van der Waals surface area contributed by atoms with Gasteiger partial charge < -0.3 is 9.80 Å². The lowest BCUT2D eigenvalue weighted by Crippen LogP contribution is -2.51. The summed E-state index contributed by atoms with van der Waals surface area (Å²) in [6, 6.07) is 6.32. The zero-order valence-corrected chi connectivity index (χ0v) is 14.8.